The number of nitrogens with zero attached hydrogens (tertiary/aromatic N) is 2. The molecule has 4 nitrogen and oxygen atoms in total. The van der Waals surface area contributed by atoms with Crippen LogP contribution in [-0.2, 0) is 11.3 Å². The molecular weight excluding hydrogens is 298 g/mol. The Hall–Kier alpha value is -1.39. The second-order valence-corrected chi connectivity index (χ2v) is 7.74. The van der Waals surface area contributed by atoms with Gasteiger partial charge >= 0.3 is 0 Å². The molecule has 4 heteroatoms. The van der Waals surface area contributed by atoms with Gasteiger partial charge in [0.15, 0.2) is 0 Å². The first-order chi connectivity index (χ1) is 11.6. The number of hydrogen-bond acceptors (Lipinski definition) is 3. The summed E-state index contributed by atoms with van der Waals surface area (Å²) in [6, 6.07) is 11.5. The molecule has 1 aromatic rings. The lowest BCUT2D eigenvalue weighted by molar-refractivity contribution is -0.135. The SMILES string of the molecule is CC(C)C(N)C(=O)N1CCCC(N(Cc2ccccc2)C2CC2)C1. The van der Waals surface area contributed by atoms with Gasteiger partial charge in [-0.3, -0.25) is 9.69 Å². The van der Waals surface area contributed by atoms with E-state index in [9.17, 15) is 4.79 Å². The molecule has 1 amide bonds. The summed E-state index contributed by atoms with van der Waals surface area (Å²) in [6.07, 6.45) is 4.86. The van der Waals surface area contributed by atoms with Gasteiger partial charge in [-0.15, -0.1) is 0 Å². The number of nitrogens with two attached hydrogens (primary N) is 1. The lowest BCUT2D eigenvalue weighted by Crippen LogP contribution is -2.54. The van der Waals surface area contributed by atoms with E-state index in [-0.39, 0.29) is 17.9 Å². The molecule has 0 aromatic heterocycles. The van der Waals surface area contributed by atoms with Gasteiger partial charge in [0.1, 0.15) is 0 Å². The van der Waals surface area contributed by atoms with Crippen LogP contribution in [0.1, 0.15) is 45.1 Å². The Morgan fingerprint density at radius 3 is 2.54 bits per heavy atom. The van der Waals surface area contributed by atoms with Crippen molar-refractivity contribution in [3.05, 3.63) is 35.9 Å². The van der Waals surface area contributed by atoms with Gasteiger partial charge in [0, 0.05) is 31.7 Å². The summed E-state index contributed by atoms with van der Waals surface area (Å²) in [6.45, 7) is 6.74. The van der Waals surface area contributed by atoms with Crippen molar-refractivity contribution in [1.82, 2.24) is 9.80 Å². The summed E-state index contributed by atoms with van der Waals surface area (Å²) in [5.41, 5.74) is 7.47. The number of likely N-dealkylation sites (tertiary alicyclic amines) is 1. The van der Waals surface area contributed by atoms with E-state index >= 15 is 0 Å². The molecular formula is C20H31N3O. The summed E-state index contributed by atoms with van der Waals surface area (Å²) in [5, 5.41) is 0. The second-order valence-electron chi connectivity index (χ2n) is 7.74. The van der Waals surface area contributed by atoms with Crippen LogP contribution in [0.15, 0.2) is 30.3 Å². The Morgan fingerprint density at radius 2 is 1.92 bits per heavy atom. The number of carbonyl (C=O) groups is 1. The number of hydrogen-bond donors (Lipinski definition) is 1. The first-order valence-corrected chi connectivity index (χ1v) is 9.40. The Kier molecular flexibility index (Phi) is 5.57. The Balaban J connectivity index is 1.66. The molecule has 0 spiro atoms. The fourth-order valence-electron chi connectivity index (χ4n) is 3.68. The second kappa shape index (κ2) is 7.66. The van der Waals surface area contributed by atoms with Gasteiger partial charge in [-0.1, -0.05) is 44.2 Å². The molecule has 2 fully saturated rings. The van der Waals surface area contributed by atoms with Gasteiger partial charge in [-0.05, 0) is 37.2 Å². The minimum atomic E-state index is -0.368. The molecule has 132 valence electrons. The normalized spacial score (nSPS) is 22.9. The fourth-order valence-corrected chi connectivity index (χ4v) is 3.68. The van der Waals surface area contributed by atoms with Crippen molar-refractivity contribution in [2.45, 2.75) is 64.2 Å². The molecule has 1 saturated carbocycles. The topological polar surface area (TPSA) is 49.6 Å². The zero-order valence-electron chi connectivity index (χ0n) is 15.0. The number of piperidine rings is 1. The Bertz CT molecular complexity index is 541. The third kappa shape index (κ3) is 4.17. The maximum atomic E-state index is 12.6. The van der Waals surface area contributed by atoms with Crippen molar-refractivity contribution < 1.29 is 4.79 Å². The first-order valence-electron chi connectivity index (χ1n) is 9.40. The molecule has 2 aliphatic rings. The van der Waals surface area contributed by atoms with Crippen LogP contribution in [0.4, 0.5) is 0 Å². The maximum Gasteiger partial charge on any atom is 0.239 e. The summed E-state index contributed by atoms with van der Waals surface area (Å²) in [7, 11) is 0. The van der Waals surface area contributed by atoms with Gasteiger partial charge in [-0.25, -0.2) is 0 Å². The van der Waals surface area contributed by atoms with Crippen molar-refractivity contribution >= 4 is 5.91 Å². The molecule has 1 aliphatic heterocycles. The predicted molar refractivity (Wildman–Crippen MR) is 97.4 cm³/mol. The smallest absolute Gasteiger partial charge is 0.239 e. The van der Waals surface area contributed by atoms with E-state index in [4.69, 9.17) is 5.73 Å². The Labute approximate surface area is 146 Å². The molecule has 1 heterocycles. The Morgan fingerprint density at radius 1 is 1.21 bits per heavy atom. The molecule has 1 saturated heterocycles. The van der Waals surface area contributed by atoms with E-state index in [1.54, 1.807) is 0 Å². The van der Waals surface area contributed by atoms with E-state index in [1.165, 1.54) is 24.8 Å². The van der Waals surface area contributed by atoms with Gasteiger partial charge in [-0.2, -0.15) is 0 Å². The molecule has 1 aliphatic carbocycles. The van der Waals surface area contributed by atoms with Crippen molar-refractivity contribution in [3.8, 4) is 0 Å². The highest BCUT2D eigenvalue weighted by molar-refractivity contribution is 5.82. The van der Waals surface area contributed by atoms with Gasteiger partial charge in [0.25, 0.3) is 0 Å². The fraction of sp³-hybridized carbons (Fsp3) is 0.650. The third-order valence-electron chi connectivity index (χ3n) is 5.40. The summed E-state index contributed by atoms with van der Waals surface area (Å²) < 4.78 is 0. The van der Waals surface area contributed by atoms with Gasteiger partial charge in [0.05, 0.1) is 6.04 Å². The highest BCUT2D eigenvalue weighted by atomic mass is 16.2. The third-order valence-corrected chi connectivity index (χ3v) is 5.40. The van der Waals surface area contributed by atoms with Crippen molar-refractivity contribution in [3.63, 3.8) is 0 Å². The largest absolute Gasteiger partial charge is 0.340 e. The van der Waals surface area contributed by atoms with Crippen LogP contribution in [0.5, 0.6) is 0 Å². The quantitative estimate of drug-likeness (QED) is 0.873. The molecule has 2 atom stereocenters. The summed E-state index contributed by atoms with van der Waals surface area (Å²) in [4.78, 5) is 17.3. The average Bonchev–Trinajstić information content (AvgIpc) is 3.44. The highest BCUT2D eigenvalue weighted by Gasteiger charge is 2.37. The lowest BCUT2D eigenvalue weighted by Gasteiger charge is -2.40. The van der Waals surface area contributed by atoms with Crippen molar-refractivity contribution in [1.29, 1.82) is 0 Å². The number of amides is 1. The number of carbonyl (C=O) groups excluding carboxylic acids is 1. The summed E-state index contributed by atoms with van der Waals surface area (Å²) >= 11 is 0. The molecule has 0 bridgehead atoms. The van der Waals surface area contributed by atoms with Gasteiger partial charge < -0.3 is 10.6 Å². The monoisotopic (exact) mass is 329 g/mol. The first kappa shape index (κ1) is 17.4. The van der Waals surface area contributed by atoms with Crippen LogP contribution in [0, 0.1) is 5.92 Å². The predicted octanol–water partition coefficient (Wildman–Crippen LogP) is 2.63. The maximum absolute atomic E-state index is 12.6. The molecule has 3 rings (SSSR count). The number of rotatable bonds is 6. The molecule has 2 N–H and O–H groups in total. The van der Waals surface area contributed by atoms with Crippen LogP contribution >= 0.6 is 0 Å². The number of benzene rings is 1. The highest BCUT2D eigenvalue weighted by Crippen LogP contribution is 2.33. The van der Waals surface area contributed by atoms with Crippen LogP contribution in [-0.4, -0.2) is 46.9 Å². The van der Waals surface area contributed by atoms with Crippen molar-refractivity contribution in [2.24, 2.45) is 11.7 Å². The molecule has 0 radical (unpaired) electrons. The lowest BCUT2D eigenvalue weighted by atomic mass is 9.99. The van der Waals surface area contributed by atoms with E-state index < -0.39 is 0 Å². The van der Waals surface area contributed by atoms with Crippen LogP contribution in [0.25, 0.3) is 0 Å². The minimum absolute atomic E-state index is 0.130. The van der Waals surface area contributed by atoms with E-state index in [1.807, 2.05) is 18.7 Å². The zero-order valence-corrected chi connectivity index (χ0v) is 15.0. The molecule has 2 unspecified atom stereocenters. The minimum Gasteiger partial charge on any atom is -0.340 e. The zero-order chi connectivity index (χ0) is 17.1. The average molecular weight is 329 g/mol. The molecule has 24 heavy (non-hydrogen) atoms. The summed E-state index contributed by atoms with van der Waals surface area (Å²) in [5.74, 6) is 0.326. The van der Waals surface area contributed by atoms with Crippen molar-refractivity contribution in [2.75, 3.05) is 13.1 Å². The van der Waals surface area contributed by atoms with Crippen LogP contribution in [0.3, 0.4) is 0 Å². The van der Waals surface area contributed by atoms with Crippen LogP contribution < -0.4 is 5.73 Å². The van der Waals surface area contributed by atoms with E-state index in [0.29, 0.717) is 12.1 Å². The van der Waals surface area contributed by atoms with Crippen LogP contribution in [0.2, 0.25) is 0 Å². The molecule has 1 aromatic carbocycles. The van der Waals surface area contributed by atoms with E-state index in [2.05, 4.69) is 35.2 Å². The standard InChI is InChI=1S/C20H31N3O/c1-15(2)19(21)20(24)22-12-6-9-18(14-22)23(17-10-11-17)13-16-7-4-3-5-8-16/h3-5,7-8,15,17-19H,6,9-14,21H2,1-2H3. The van der Waals surface area contributed by atoms with E-state index in [0.717, 1.165) is 26.1 Å². The van der Waals surface area contributed by atoms with Gasteiger partial charge in [0.2, 0.25) is 5.91 Å².